The summed E-state index contributed by atoms with van der Waals surface area (Å²) in [4.78, 5) is 0. The molecule has 1 aliphatic rings. The number of benzene rings is 1. The highest BCUT2D eigenvalue weighted by Crippen LogP contribution is 2.36. The lowest BCUT2D eigenvalue weighted by molar-refractivity contribution is -0.0507. The van der Waals surface area contributed by atoms with Gasteiger partial charge in [-0.2, -0.15) is 0 Å². The smallest absolute Gasteiger partial charge is 0.0948 e. The first kappa shape index (κ1) is 10.7. The Bertz CT molecular complexity index is 325. The van der Waals surface area contributed by atoms with Crippen molar-refractivity contribution in [2.45, 2.75) is 31.9 Å². The van der Waals surface area contributed by atoms with E-state index in [1.54, 1.807) is 0 Å². The number of rotatable bonds is 1. The van der Waals surface area contributed by atoms with Crippen molar-refractivity contribution in [3.63, 3.8) is 0 Å². The molecule has 1 fully saturated rings. The molecule has 0 radical (unpaired) electrons. The van der Waals surface area contributed by atoms with Crippen molar-refractivity contribution in [3.05, 3.63) is 35.9 Å². The monoisotopic (exact) mass is 205 g/mol. The van der Waals surface area contributed by atoms with Gasteiger partial charge in [0.2, 0.25) is 0 Å². The van der Waals surface area contributed by atoms with Crippen LogP contribution in [0.2, 0.25) is 0 Å². The summed E-state index contributed by atoms with van der Waals surface area (Å²) in [6.07, 6.45) is 0.790. The van der Waals surface area contributed by atoms with Gasteiger partial charge in [0.05, 0.1) is 5.60 Å². The zero-order chi connectivity index (χ0) is 10.9. The predicted octanol–water partition coefficient (Wildman–Crippen LogP) is 1.89. The van der Waals surface area contributed by atoms with Crippen LogP contribution in [0.3, 0.4) is 0 Å². The molecule has 2 nitrogen and oxygen atoms in total. The second kappa shape index (κ2) is 3.95. The Morgan fingerprint density at radius 3 is 2.60 bits per heavy atom. The zero-order valence-corrected chi connectivity index (χ0v) is 9.40. The van der Waals surface area contributed by atoms with Crippen LogP contribution in [-0.2, 0) is 5.60 Å². The summed E-state index contributed by atoms with van der Waals surface area (Å²) in [6.45, 7) is 5.11. The Hall–Kier alpha value is -0.860. The number of aliphatic hydroxyl groups is 1. The Morgan fingerprint density at radius 1 is 1.27 bits per heavy atom. The standard InChI is InChI=1S/C13H19NO/c1-10-9-14-11(2)8-13(10,15)12-6-4-3-5-7-12/h3-7,10-11,14-15H,8-9H2,1-2H3/t10-,11+,13+/m0/s1. The summed E-state index contributed by atoms with van der Waals surface area (Å²) in [7, 11) is 0. The van der Waals surface area contributed by atoms with E-state index in [4.69, 9.17) is 0 Å². The van der Waals surface area contributed by atoms with Gasteiger partial charge in [0, 0.05) is 18.5 Å². The van der Waals surface area contributed by atoms with Crippen LogP contribution in [0.1, 0.15) is 25.8 Å². The minimum Gasteiger partial charge on any atom is -0.385 e. The second-order valence-corrected chi connectivity index (χ2v) is 4.70. The van der Waals surface area contributed by atoms with Crippen LogP contribution >= 0.6 is 0 Å². The SMILES string of the molecule is C[C@@H]1C[C@](O)(c2ccccc2)[C@@H](C)CN1. The molecule has 82 valence electrons. The minimum absolute atomic E-state index is 0.260. The van der Waals surface area contributed by atoms with Crippen LogP contribution in [0.15, 0.2) is 30.3 Å². The number of piperidine rings is 1. The molecule has 3 atom stereocenters. The van der Waals surface area contributed by atoms with Gasteiger partial charge in [-0.25, -0.2) is 0 Å². The molecule has 0 saturated carbocycles. The van der Waals surface area contributed by atoms with Gasteiger partial charge in [0.15, 0.2) is 0 Å². The van der Waals surface area contributed by atoms with E-state index in [2.05, 4.69) is 19.2 Å². The number of nitrogens with one attached hydrogen (secondary N) is 1. The van der Waals surface area contributed by atoms with Gasteiger partial charge >= 0.3 is 0 Å². The van der Waals surface area contributed by atoms with Crippen molar-refractivity contribution in [1.29, 1.82) is 0 Å². The summed E-state index contributed by atoms with van der Waals surface area (Å²) >= 11 is 0. The lowest BCUT2D eigenvalue weighted by atomic mass is 9.75. The van der Waals surface area contributed by atoms with Crippen LogP contribution < -0.4 is 5.32 Å². The molecule has 0 aromatic heterocycles. The Kier molecular flexibility index (Phi) is 2.81. The Labute approximate surface area is 91.3 Å². The molecule has 0 aliphatic carbocycles. The van der Waals surface area contributed by atoms with E-state index in [-0.39, 0.29) is 5.92 Å². The lowest BCUT2D eigenvalue weighted by Gasteiger charge is -2.42. The van der Waals surface area contributed by atoms with Crippen molar-refractivity contribution < 1.29 is 5.11 Å². The number of hydrogen-bond acceptors (Lipinski definition) is 2. The van der Waals surface area contributed by atoms with E-state index >= 15 is 0 Å². The molecule has 2 N–H and O–H groups in total. The molecular weight excluding hydrogens is 186 g/mol. The van der Waals surface area contributed by atoms with E-state index in [0.29, 0.717) is 6.04 Å². The predicted molar refractivity (Wildman–Crippen MR) is 61.6 cm³/mol. The van der Waals surface area contributed by atoms with Gasteiger partial charge in [-0.3, -0.25) is 0 Å². The first-order valence-corrected chi connectivity index (χ1v) is 5.64. The van der Waals surface area contributed by atoms with E-state index in [9.17, 15) is 5.11 Å². The van der Waals surface area contributed by atoms with Gasteiger partial charge < -0.3 is 10.4 Å². The largest absolute Gasteiger partial charge is 0.385 e. The molecule has 1 heterocycles. The Balaban J connectivity index is 2.31. The fraction of sp³-hybridized carbons (Fsp3) is 0.538. The average Bonchev–Trinajstić information content (AvgIpc) is 2.25. The van der Waals surface area contributed by atoms with Gasteiger partial charge in [-0.15, -0.1) is 0 Å². The van der Waals surface area contributed by atoms with Crippen LogP contribution in [0.5, 0.6) is 0 Å². The lowest BCUT2D eigenvalue weighted by Crippen LogP contribution is -2.50. The molecule has 1 aromatic carbocycles. The summed E-state index contributed by atoms with van der Waals surface area (Å²) < 4.78 is 0. The topological polar surface area (TPSA) is 32.3 Å². The highest BCUT2D eigenvalue weighted by molar-refractivity contribution is 5.24. The van der Waals surface area contributed by atoms with Crippen LogP contribution in [0.4, 0.5) is 0 Å². The van der Waals surface area contributed by atoms with Gasteiger partial charge in [0.1, 0.15) is 0 Å². The van der Waals surface area contributed by atoms with Crippen molar-refractivity contribution in [2.75, 3.05) is 6.54 Å². The molecule has 2 heteroatoms. The Morgan fingerprint density at radius 2 is 1.93 bits per heavy atom. The summed E-state index contributed by atoms with van der Waals surface area (Å²) in [5.41, 5.74) is 0.386. The van der Waals surface area contributed by atoms with Crippen molar-refractivity contribution >= 4 is 0 Å². The summed E-state index contributed by atoms with van der Waals surface area (Å²) in [6, 6.07) is 10.4. The van der Waals surface area contributed by atoms with E-state index in [1.165, 1.54) is 0 Å². The average molecular weight is 205 g/mol. The van der Waals surface area contributed by atoms with Gasteiger partial charge in [-0.05, 0) is 18.9 Å². The maximum atomic E-state index is 10.7. The molecule has 1 aromatic rings. The molecule has 15 heavy (non-hydrogen) atoms. The molecule has 0 spiro atoms. The van der Waals surface area contributed by atoms with Crippen LogP contribution in [-0.4, -0.2) is 17.7 Å². The molecule has 0 bridgehead atoms. The molecule has 2 rings (SSSR count). The van der Waals surface area contributed by atoms with Crippen LogP contribution in [0, 0.1) is 5.92 Å². The van der Waals surface area contributed by atoms with Gasteiger partial charge in [0.25, 0.3) is 0 Å². The normalized spacial score (nSPS) is 36.5. The van der Waals surface area contributed by atoms with E-state index in [1.807, 2.05) is 30.3 Å². The van der Waals surface area contributed by atoms with Crippen LogP contribution in [0.25, 0.3) is 0 Å². The highest BCUT2D eigenvalue weighted by Gasteiger charge is 2.39. The third-order valence-corrected chi connectivity index (χ3v) is 3.48. The second-order valence-electron chi connectivity index (χ2n) is 4.70. The first-order chi connectivity index (χ1) is 7.13. The quantitative estimate of drug-likeness (QED) is 0.734. The maximum absolute atomic E-state index is 10.7. The third kappa shape index (κ3) is 1.92. The first-order valence-electron chi connectivity index (χ1n) is 5.64. The fourth-order valence-electron chi connectivity index (χ4n) is 2.42. The molecule has 0 amide bonds. The van der Waals surface area contributed by atoms with E-state index in [0.717, 1.165) is 18.5 Å². The zero-order valence-electron chi connectivity index (χ0n) is 9.40. The molecule has 0 unspecified atom stereocenters. The van der Waals surface area contributed by atoms with E-state index < -0.39 is 5.60 Å². The maximum Gasteiger partial charge on any atom is 0.0948 e. The molecular formula is C13H19NO. The fourth-order valence-corrected chi connectivity index (χ4v) is 2.42. The van der Waals surface area contributed by atoms with Crippen molar-refractivity contribution in [2.24, 2.45) is 5.92 Å². The van der Waals surface area contributed by atoms with Gasteiger partial charge in [-0.1, -0.05) is 37.3 Å². The summed E-state index contributed by atoms with van der Waals surface area (Å²) in [5.74, 6) is 0.260. The summed E-state index contributed by atoms with van der Waals surface area (Å²) in [5, 5.41) is 14.1. The minimum atomic E-state index is -0.661. The molecule has 1 saturated heterocycles. The highest BCUT2D eigenvalue weighted by atomic mass is 16.3. The molecule has 1 aliphatic heterocycles. The number of hydrogen-bond donors (Lipinski definition) is 2. The third-order valence-electron chi connectivity index (χ3n) is 3.48. The van der Waals surface area contributed by atoms with Crippen molar-refractivity contribution in [3.8, 4) is 0 Å². The van der Waals surface area contributed by atoms with Crippen molar-refractivity contribution in [1.82, 2.24) is 5.32 Å².